The Hall–Kier alpha value is -3.52. The summed E-state index contributed by atoms with van der Waals surface area (Å²) in [5.74, 6) is 0.275. The van der Waals surface area contributed by atoms with Gasteiger partial charge in [0, 0.05) is 18.7 Å². The number of rotatable bonds is 15. The number of likely N-dealkylation sites (N-methyl/N-ethyl adjacent to an activating group) is 1. The molecule has 1 fully saturated rings. The van der Waals surface area contributed by atoms with E-state index in [-0.39, 0.29) is 11.3 Å². The average Bonchev–Trinajstić information content (AvgIpc) is 3.21. The third kappa shape index (κ3) is 6.97. The van der Waals surface area contributed by atoms with Crippen molar-refractivity contribution in [2.24, 2.45) is 0 Å². The van der Waals surface area contributed by atoms with E-state index in [1.165, 1.54) is 0 Å². The van der Waals surface area contributed by atoms with E-state index in [2.05, 4.69) is 25.7 Å². The minimum absolute atomic E-state index is 0.0663. The number of hydrogen-bond donors (Lipinski definition) is 1. The summed E-state index contributed by atoms with van der Waals surface area (Å²) in [7, 11) is 1.56. The van der Waals surface area contributed by atoms with Gasteiger partial charge < -0.3 is 29.1 Å². The number of aliphatic hydroxyl groups is 1. The molecule has 1 heterocycles. The van der Waals surface area contributed by atoms with Crippen molar-refractivity contribution in [2.45, 2.75) is 59.9 Å². The smallest absolute Gasteiger partial charge is 0.295 e. The van der Waals surface area contributed by atoms with Crippen LogP contribution in [0.25, 0.3) is 5.76 Å². The molecule has 0 aromatic heterocycles. The molecule has 2 aromatic carbocycles. The molecule has 218 valence electrons. The number of methoxy groups -OCH3 is 1. The van der Waals surface area contributed by atoms with Crippen molar-refractivity contribution in [3.8, 4) is 17.2 Å². The Balaban J connectivity index is 2.11. The van der Waals surface area contributed by atoms with E-state index < -0.39 is 17.7 Å². The second kappa shape index (κ2) is 14.7. The second-order valence-electron chi connectivity index (χ2n) is 9.96. The first-order valence-electron chi connectivity index (χ1n) is 14.4. The van der Waals surface area contributed by atoms with Gasteiger partial charge in [-0.2, -0.15) is 0 Å². The zero-order valence-electron chi connectivity index (χ0n) is 24.8. The summed E-state index contributed by atoms with van der Waals surface area (Å²) in [5.41, 5.74) is 1.97. The van der Waals surface area contributed by atoms with Gasteiger partial charge in [-0.3, -0.25) is 9.59 Å². The van der Waals surface area contributed by atoms with Gasteiger partial charge in [0.25, 0.3) is 11.7 Å². The van der Waals surface area contributed by atoms with Crippen molar-refractivity contribution >= 4 is 17.4 Å². The fourth-order valence-corrected chi connectivity index (χ4v) is 4.90. The summed E-state index contributed by atoms with van der Waals surface area (Å²) in [6.45, 7) is 13.9. The number of amides is 1. The van der Waals surface area contributed by atoms with Crippen LogP contribution < -0.4 is 14.2 Å². The molecule has 1 N–H and O–H groups in total. The molecule has 8 nitrogen and oxygen atoms in total. The van der Waals surface area contributed by atoms with Gasteiger partial charge in [0.05, 0.1) is 31.9 Å². The number of unbranched alkanes of at least 4 members (excludes halogenated alkanes) is 1. The zero-order valence-corrected chi connectivity index (χ0v) is 24.8. The molecule has 1 aliphatic rings. The molecular weight excluding hydrogens is 508 g/mol. The highest BCUT2D eigenvalue weighted by molar-refractivity contribution is 6.46. The average molecular weight is 553 g/mol. The highest BCUT2D eigenvalue weighted by atomic mass is 16.5. The van der Waals surface area contributed by atoms with E-state index >= 15 is 0 Å². The van der Waals surface area contributed by atoms with Gasteiger partial charge in [0.1, 0.15) is 11.5 Å². The first kappa shape index (κ1) is 31.0. The first-order chi connectivity index (χ1) is 19.3. The third-order valence-corrected chi connectivity index (χ3v) is 7.28. The Morgan fingerprint density at radius 3 is 2.33 bits per heavy atom. The lowest BCUT2D eigenvalue weighted by molar-refractivity contribution is -0.140. The van der Waals surface area contributed by atoms with Crippen molar-refractivity contribution in [3.05, 3.63) is 58.7 Å². The molecule has 1 unspecified atom stereocenters. The number of ether oxygens (including phenoxy) is 3. The van der Waals surface area contributed by atoms with Gasteiger partial charge in [0.2, 0.25) is 0 Å². The number of carbonyl (C=O) groups is 2. The topological polar surface area (TPSA) is 88.5 Å². The Bertz CT molecular complexity index is 1200. The van der Waals surface area contributed by atoms with Gasteiger partial charge in [-0.15, -0.1) is 0 Å². The molecule has 8 heteroatoms. The standard InChI is InChI=1S/C32H44N2O6/c1-7-11-19-40-26-15-12-23(21-27(26)38-6)29-28(31(36)32(37)34(29)17-16-33(9-3)10-4)30(35)25-14-13-24(20-22(25)5)39-18-8-2/h12-15,20-21,29,35H,7-11,16-19H2,1-6H3/b30-28+. The molecule has 0 aliphatic carbocycles. The summed E-state index contributed by atoms with van der Waals surface area (Å²) in [6, 6.07) is 10.0. The molecule has 3 rings (SSSR count). The lowest BCUT2D eigenvalue weighted by atomic mass is 9.93. The molecule has 1 aliphatic heterocycles. The number of aryl methyl sites for hydroxylation is 1. The van der Waals surface area contributed by atoms with Crippen LogP contribution in [0.2, 0.25) is 0 Å². The molecule has 0 spiro atoms. The summed E-state index contributed by atoms with van der Waals surface area (Å²) in [4.78, 5) is 30.7. The van der Waals surface area contributed by atoms with Crippen LogP contribution in [0.1, 0.15) is 69.7 Å². The van der Waals surface area contributed by atoms with Crippen LogP contribution >= 0.6 is 0 Å². The number of carbonyl (C=O) groups excluding carboxylic acids is 2. The fourth-order valence-electron chi connectivity index (χ4n) is 4.90. The van der Waals surface area contributed by atoms with E-state index in [1.54, 1.807) is 36.3 Å². The van der Waals surface area contributed by atoms with E-state index in [9.17, 15) is 14.7 Å². The Kier molecular flexibility index (Phi) is 11.4. The normalized spacial score (nSPS) is 16.6. The monoisotopic (exact) mass is 552 g/mol. The molecule has 0 bridgehead atoms. The maximum Gasteiger partial charge on any atom is 0.295 e. The van der Waals surface area contributed by atoms with Crippen molar-refractivity contribution < 1.29 is 28.9 Å². The van der Waals surface area contributed by atoms with Crippen molar-refractivity contribution in [1.82, 2.24) is 9.80 Å². The molecule has 0 saturated carbocycles. The number of hydrogen-bond acceptors (Lipinski definition) is 7. The highest BCUT2D eigenvalue weighted by Gasteiger charge is 2.46. The van der Waals surface area contributed by atoms with Crippen molar-refractivity contribution in [1.29, 1.82) is 0 Å². The Labute approximate surface area is 238 Å². The lowest BCUT2D eigenvalue weighted by Crippen LogP contribution is -2.38. The summed E-state index contributed by atoms with van der Waals surface area (Å²) < 4.78 is 17.3. The molecule has 1 saturated heterocycles. The predicted molar refractivity (Wildman–Crippen MR) is 157 cm³/mol. The number of Topliss-reactive ketones (excluding diaryl/α,β-unsaturated/α-hetero) is 1. The second-order valence-corrected chi connectivity index (χ2v) is 9.96. The summed E-state index contributed by atoms with van der Waals surface area (Å²) in [6.07, 6.45) is 2.80. The third-order valence-electron chi connectivity index (χ3n) is 7.28. The minimum atomic E-state index is -0.774. The molecule has 1 atom stereocenters. The minimum Gasteiger partial charge on any atom is -0.507 e. The summed E-state index contributed by atoms with van der Waals surface area (Å²) >= 11 is 0. The van der Waals surface area contributed by atoms with E-state index in [4.69, 9.17) is 14.2 Å². The Morgan fingerprint density at radius 1 is 0.950 bits per heavy atom. The predicted octanol–water partition coefficient (Wildman–Crippen LogP) is 5.73. The molecule has 40 heavy (non-hydrogen) atoms. The molecular formula is C32H44N2O6. The number of likely N-dealkylation sites (tertiary alicyclic amines) is 1. The van der Waals surface area contributed by atoms with Crippen LogP contribution in [0.5, 0.6) is 17.2 Å². The Morgan fingerprint density at radius 2 is 1.70 bits per heavy atom. The van der Waals surface area contributed by atoms with Gasteiger partial charge in [-0.25, -0.2) is 0 Å². The van der Waals surface area contributed by atoms with Gasteiger partial charge in [0.15, 0.2) is 11.5 Å². The maximum atomic E-state index is 13.5. The van der Waals surface area contributed by atoms with Crippen LogP contribution in [-0.2, 0) is 9.59 Å². The number of aliphatic hydroxyl groups excluding tert-OH is 1. The number of ketones is 1. The lowest BCUT2D eigenvalue weighted by Gasteiger charge is -2.28. The van der Waals surface area contributed by atoms with E-state index in [1.807, 2.05) is 26.0 Å². The molecule has 2 aromatic rings. The molecule has 0 radical (unpaired) electrons. The van der Waals surface area contributed by atoms with Gasteiger partial charge in [-0.05, 0) is 74.3 Å². The zero-order chi connectivity index (χ0) is 29.2. The highest BCUT2D eigenvalue weighted by Crippen LogP contribution is 2.42. The van der Waals surface area contributed by atoms with Crippen molar-refractivity contribution in [3.63, 3.8) is 0 Å². The van der Waals surface area contributed by atoms with E-state index in [0.717, 1.165) is 37.9 Å². The quantitative estimate of drug-likeness (QED) is 0.131. The van der Waals surface area contributed by atoms with Crippen LogP contribution in [0, 0.1) is 6.92 Å². The number of benzene rings is 2. The molecule has 1 amide bonds. The van der Waals surface area contributed by atoms with Crippen LogP contribution in [0.3, 0.4) is 0 Å². The summed E-state index contributed by atoms with van der Waals surface area (Å²) in [5, 5.41) is 11.6. The number of nitrogens with zero attached hydrogens (tertiary/aromatic N) is 2. The fraction of sp³-hybridized carbons (Fsp3) is 0.500. The van der Waals surface area contributed by atoms with Gasteiger partial charge in [-0.1, -0.05) is 40.2 Å². The first-order valence-corrected chi connectivity index (χ1v) is 14.4. The SMILES string of the molecule is CCCCOc1ccc(C2/C(=C(\O)c3ccc(OCCC)cc3C)C(=O)C(=O)N2CCN(CC)CC)cc1OC. The van der Waals surface area contributed by atoms with Crippen molar-refractivity contribution in [2.75, 3.05) is 46.5 Å². The largest absolute Gasteiger partial charge is 0.507 e. The maximum absolute atomic E-state index is 13.5. The van der Waals surface area contributed by atoms with Gasteiger partial charge >= 0.3 is 0 Å². The van der Waals surface area contributed by atoms with Crippen LogP contribution in [0.4, 0.5) is 0 Å². The van der Waals surface area contributed by atoms with Crippen LogP contribution in [-0.4, -0.2) is 73.1 Å². The van der Waals surface area contributed by atoms with E-state index in [0.29, 0.717) is 54.7 Å². The van der Waals surface area contributed by atoms with Crippen LogP contribution in [0.15, 0.2) is 42.0 Å².